The summed E-state index contributed by atoms with van der Waals surface area (Å²) in [6, 6.07) is 23.1. The van der Waals surface area contributed by atoms with Crippen LogP contribution in [0.25, 0.3) is 22.7 Å². The molecule has 0 radical (unpaired) electrons. The summed E-state index contributed by atoms with van der Waals surface area (Å²) in [4.78, 5) is 29.3. The molecule has 0 amide bonds. The lowest BCUT2D eigenvalue weighted by atomic mass is 10.0. The van der Waals surface area contributed by atoms with Crippen molar-refractivity contribution >= 4 is 11.8 Å². The number of carboxylic acids is 1. The van der Waals surface area contributed by atoms with Crippen LogP contribution in [0.4, 0.5) is 0 Å². The molecule has 194 valence electrons. The third-order valence-corrected chi connectivity index (χ3v) is 5.99. The highest BCUT2D eigenvalue weighted by Crippen LogP contribution is 2.32. The van der Waals surface area contributed by atoms with E-state index in [2.05, 4.69) is 5.32 Å². The van der Waals surface area contributed by atoms with Crippen molar-refractivity contribution < 1.29 is 23.8 Å². The molecule has 0 aliphatic rings. The number of benzene rings is 3. The highest BCUT2D eigenvalue weighted by Gasteiger charge is 2.22. The van der Waals surface area contributed by atoms with Crippen LogP contribution < -0.4 is 10.1 Å². The molecule has 0 unspecified atom stereocenters. The van der Waals surface area contributed by atoms with Gasteiger partial charge in [0.25, 0.3) is 0 Å². The number of carbonyl (C=O) groups is 2. The van der Waals surface area contributed by atoms with E-state index < -0.39 is 12.0 Å². The van der Waals surface area contributed by atoms with Crippen LogP contribution in [-0.2, 0) is 11.2 Å². The molecule has 0 aliphatic heterocycles. The molecule has 0 aliphatic carbocycles. The lowest BCUT2D eigenvalue weighted by molar-refractivity contribution is -0.139. The number of nitrogens with one attached hydrogen (secondary N) is 1. The van der Waals surface area contributed by atoms with E-state index in [0.29, 0.717) is 41.0 Å². The highest BCUT2D eigenvalue weighted by atomic mass is 16.5. The molecule has 4 aromatic rings. The number of aromatic nitrogens is 1. The van der Waals surface area contributed by atoms with Crippen molar-refractivity contribution in [2.45, 2.75) is 33.2 Å². The largest absolute Gasteiger partial charge is 0.494 e. The Hall–Kier alpha value is -4.65. The molecule has 1 atom stereocenters. The van der Waals surface area contributed by atoms with Crippen molar-refractivity contribution in [2.24, 2.45) is 0 Å². The zero-order chi connectivity index (χ0) is 27.1. The van der Waals surface area contributed by atoms with Gasteiger partial charge in [-0.15, -0.1) is 0 Å². The molecule has 1 aromatic heterocycles. The summed E-state index contributed by atoms with van der Waals surface area (Å²) in [7, 11) is 0. The Morgan fingerprint density at radius 2 is 1.71 bits per heavy atom. The minimum absolute atomic E-state index is 0.155. The Kier molecular flexibility index (Phi) is 8.38. The van der Waals surface area contributed by atoms with E-state index in [4.69, 9.17) is 14.1 Å². The molecule has 2 N–H and O–H groups in total. The number of rotatable bonds is 11. The molecular weight excluding hydrogens is 480 g/mol. The minimum Gasteiger partial charge on any atom is -0.494 e. The lowest BCUT2D eigenvalue weighted by Crippen LogP contribution is -2.37. The van der Waals surface area contributed by atoms with Gasteiger partial charge in [0.2, 0.25) is 5.89 Å². The fourth-order valence-corrected chi connectivity index (χ4v) is 4.15. The number of aryl methyl sites for hydroxylation is 1. The molecule has 38 heavy (non-hydrogen) atoms. The zero-order valence-corrected chi connectivity index (χ0v) is 21.6. The van der Waals surface area contributed by atoms with E-state index in [9.17, 15) is 14.7 Å². The Morgan fingerprint density at radius 1 is 1.03 bits per heavy atom. The predicted octanol–water partition coefficient (Wildman–Crippen LogP) is 6.09. The Balaban J connectivity index is 1.56. The first-order valence-electron chi connectivity index (χ1n) is 12.4. The van der Waals surface area contributed by atoms with Crippen molar-refractivity contribution in [2.75, 3.05) is 6.61 Å². The third-order valence-electron chi connectivity index (χ3n) is 5.99. The molecule has 0 spiro atoms. The summed E-state index contributed by atoms with van der Waals surface area (Å²) in [5.74, 6) is 0.549. The topological polar surface area (TPSA) is 102 Å². The maximum atomic E-state index is 12.5. The minimum atomic E-state index is -1.03. The van der Waals surface area contributed by atoms with Crippen LogP contribution in [0, 0.1) is 6.92 Å². The van der Waals surface area contributed by atoms with Gasteiger partial charge in [-0.2, -0.15) is 0 Å². The summed E-state index contributed by atoms with van der Waals surface area (Å²) in [6.07, 6.45) is 1.57. The van der Waals surface area contributed by atoms with Crippen LogP contribution in [0.2, 0.25) is 0 Å². The van der Waals surface area contributed by atoms with Gasteiger partial charge in [0.1, 0.15) is 23.2 Å². The number of carbonyl (C=O) groups excluding carboxylic acids is 1. The summed E-state index contributed by atoms with van der Waals surface area (Å²) < 4.78 is 11.8. The van der Waals surface area contributed by atoms with Gasteiger partial charge >= 0.3 is 5.97 Å². The van der Waals surface area contributed by atoms with Crippen LogP contribution in [0.1, 0.15) is 35.5 Å². The van der Waals surface area contributed by atoms with Gasteiger partial charge in [-0.25, -0.2) is 9.78 Å². The van der Waals surface area contributed by atoms with E-state index in [1.54, 1.807) is 31.2 Å². The van der Waals surface area contributed by atoms with E-state index in [-0.39, 0.29) is 12.2 Å². The maximum absolute atomic E-state index is 12.5. The van der Waals surface area contributed by atoms with Gasteiger partial charge in [-0.1, -0.05) is 60.7 Å². The molecule has 1 heterocycles. The number of allylic oxidation sites excluding steroid dienone is 2. The molecule has 3 aromatic carbocycles. The molecule has 0 fully saturated rings. The molecule has 0 saturated carbocycles. The summed E-state index contributed by atoms with van der Waals surface area (Å²) >= 11 is 0. The number of oxazole rings is 1. The fourth-order valence-electron chi connectivity index (χ4n) is 4.15. The van der Waals surface area contributed by atoms with Gasteiger partial charge in [-0.05, 0) is 44.5 Å². The molecule has 7 nitrogen and oxygen atoms in total. The molecule has 7 heteroatoms. The standard InChI is InChI=1S/C31H30N2O5/c1-4-37-28-19-25(29-21(3)38-30(33-29)23-13-9-6-10-14-23)16-15-24(28)18-26(31(35)36)32-20(2)17-27(34)22-11-7-5-8-12-22/h5-17,19,26,32H,4,18H2,1-3H3,(H,35,36)/b20-17-/t26-/m0/s1. The van der Waals surface area contributed by atoms with Crippen LogP contribution in [-0.4, -0.2) is 34.5 Å². The summed E-state index contributed by atoms with van der Waals surface area (Å²) in [5.41, 5.74) is 4.11. The number of aliphatic carboxylic acids is 1. The first-order valence-corrected chi connectivity index (χ1v) is 12.4. The normalized spacial score (nSPS) is 12.1. The summed E-state index contributed by atoms with van der Waals surface area (Å²) in [5, 5.41) is 12.9. The lowest BCUT2D eigenvalue weighted by Gasteiger charge is -2.19. The predicted molar refractivity (Wildman–Crippen MR) is 146 cm³/mol. The Labute approximate surface area is 221 Å². The van der Waals surface area contributed by atoms with Crippen molar-refractivity contribution in [1.29, 1.82) is 0 Å². The summed E-state index contributed by atoms with van der Waals surface area (Å²) in [6.45, 7) is 5.83. The van der Waals surface area contributed by atoms with Crippen LogP contribution in [0.5, 0.6) is 5.75 Å². The van der Waals surface area contributed by atoms with Crippen LogP contribution in [0.3, 0.4) is 0 Å². The zero-order valence-electron chi connectivity index (χ0n) is 21.6. The molecular formula is C31H30N2O5. The van der Waals surface area contributed by atoms with Gasteiger partial charge in [0, 0.05) is 34.9 Å². The van der Waals surface area contributed by atoms with Crippen molar-refractivity contribution in [3.8, 4) is 28.5 Å². The molecule has 0 saturated heterocycles. The third kappa shape index (κ3) is 6.37. The average Bonchev–Trinajstić information content (AvgIpc) is 3.31. The number of hydrogen-bond donors (Lipinski definition) is 2. The Morgan fingerprint density at radius 3 is 2.37 bits per heavy atom. The van der Waals surface area contributed by atoms with Crippen molar-refractivity contribution in [3.05, 3.63) is 108 Å². The fraction of sp³-hybridized carbons (Fsp3) is 0.194. The van der Waals surface area contributed by atoms with Gasteiger partial charge in [0.15, 0.2) is 5.78 Å². The first kappa shape index (κ1) is 26.4. The number of carboxylic acid groups (broad SMARTS) is 1. The van der Waals surface area contributed by atoms with E-state index in [0.717, 1.165) is 16.7 Å². The molecule has 4 rings (SSSR count). The van der Waals surface area contributed by atoms with Crippen LogP contribution in [0.15, 0.2) is 95.1 Å². The smallest absolute Gasteiger partial charge is 0.326 e. The second-order valence-corrected chi connectivity index (χ2v) is 8.84. The number of ketones is 1. The molecule has 0 bridgehead atoms. The van der Waals surface area contributed by atoms with Gasteiger partial charge < -0.3 is 19.6 Å². The first-order chi connectivity index (χ1) is 18.4. The maximum Gasteiger partial charge on any atom is 0.326 e. The van der Waals surface area contributed by atoms with E-state index in [1.165, 1.54) is 6.08 Å². The van der Waals surface area contributed by atoms with Gasteiger partial charge in [0.05, 0.1) is 6.61 Å². The highest BCUT2D eigenvalue weighted by molar-refractivity contribution is 6.04. The number of ether oxygens (including phenoxy) is 1. The van der Waals surface area contributed by atoms with E-state index >= 15 is 0 Å². The van der Waals surface area contributed by atoms with Crippen molar-refractivity contribution in [3.63, 3.8) is 0 Å². The Bertz CT molecular complexity index is 1440. The van der Waals surface area contributed by atoms with Crippen LogP contribution >= 0.6 is 0 Å². The number of nitrogens with zero attached hydrogens (tertiary/aromatic N) is 1. The monoisotopic (exact) mass is 510 g/mol. The SMILES string of the molecule is CCOc1cc(-c2nc(-c3ccccc3)oc2C)ccc1C[C@H](N/C(C)=C\C(=O)c1ccccc1)C(=O)O. The average molecular weight is 511 g/mol. The van der Waals surface area contributed by atoms with Crippen molar-refractivity contribution in [1.82, 2.24) is 10.3 Å². The second-order valence-electron chi connectivity index (χ2n) is 8.84. The second kappa shape index (κ2) is 12.1. The number of hydrogen-bond acceptors (Lipinski definition) is 6. The van der Waals surface area contributed by atoms with Gasteiger partial charge in [-0.3, -0.25) is 4.79 Å². The quantitative estimate of drug-likeness (QED) is 0.186. The van der Waals surface area contributed by atoms with E-state index in [1.807, 2.05) is 68.4 Å².